The lowest BCUT2D eigenvalue weighted by Crippen LogP contribution is -2.15. The molecule has 2 aromatic rings. The van der Waals surface area contributed by atoms with Crippen molar-refractivity contribution in [1.82, 2.24) is 4.98 Å². The maximum Gasteiger partial charge on any atom is 0.257 e. The molecule has 1 aliphatic rings. The summed E-state index contributed by atoms with van der Waals surface area (Å²) in [4.78, 5) is 15.7. The van der Waals surface area contributed by atoms with Gasteiger partial charge >= 0.3 is 0 Å². The second kappa shape index (κ2) is 5.47. The summed E-state index contributed by atoms with van der Waals surface area (Å²) in [6.45, 7) is 0. The van der Waals surface area contributed by atoms with Crippen LogP contribution in [0.1, 0.15) is 23.2 Å². The smallest absolute Gasteiger partial charge is 0.257 e. The summed E-state index contributed by atoms with van der Waals surface area (Å²) in [5, 5.41) is 5.79. The van der Waals surface area contributed by atoms with Gasteiger partial charge in [0.15, 0.2) is 0 Å². The number of hydrogen-bond donors (Lipinski definition) is 2. The largest absolute Gasteiger partial charge is 0.381 e. The summed E-state index contributed by atoms with van der Waals surface area (Å²) in [6.07, 6.45) is 4.35. The first-order valence-electron chi connectivity index (χ1n) is 6.60. The van der Waals surface area contributed by atoms with Gasteiger partial charge in [0.25, 0.3) is 5.91 Å². The second-order valence-electron chi connectivity index (χ2n) is 4.95. The van der Waals surface area contributed by atoms with Crippen LogP contribution in [0.4, 0.5) is 20.2 Å². The molecule has 0 atom stereocenters. The van der Waals surface area contributed by atoms with Crippen molar-refractivity contribution in [1.29, 1.82) is 0 Å². The Morgan fingerprint density at radius 3 is 2.62 bits per heavy atom. The number of amides is 1. The number of pyridine rings is 1. The number of rotatable bonds is 4. The first-order chi connectivity index (χ1) is 10.1. The molecule has 1 fully saturated rings. The van der Waals surface area contributed by atoms with Crippen LogP contribution in [0.3, 0.4) is 0 Å². The van der Waals surface area contributed by atoms with Crippen molar-refractivity contribution in [3.8, 4) is 0 Å². The lowest BCUT2D eigenvalue weighted by molar-refractivity contribution is 0.102. The van der Waals surface area contributed by atoms with Crippen molar-refractivity contribution < 1.29 is 13.6 Å². The first-order valence-corrected chi connectivity index (χ1v) is 6.60. The van der Waals surface area contributed by atoms with Crippen LogP contribution in [0.25, 0.3) is 0 Å². The fourth-order valence-corrected chi connectivity index (χ4v) is 1.92. The zero-order chi connectivity index (χ0) is 14.8. The van der Waals surface area contributed by atoms with Gasteiger partial charge in [0.1, 0.15) is 11.6 Å². The van der Waals surface area contributed by atoms with E-state index >= 15 is 0 Å². The van der Waals surface area contributed by atoms with E-state index in [1.54, 1.807) is 0 Å². The number of anilines is 2. The number of benzene rings is 1. The molecular weight excluding hydrogens is 276 g/mol. The number of hydrogen-bond acceptors (Lipinski definition) is 3. The van der Waals surface area contributed by atoms with E-state index in [-0.39, 0.29) is 11.4 Å². The van der Waals surface area contributed by atoms with Gasteiger partial charge in [0, 0.05) is 12.2 Å². The highest BCUT2D eigenvalue weighted by Gasteiger charge is 2.22. The summed E-state index contributed by atoms with van der Waals surface area (Å²) >= 11 is 0. The van der Waals surface area contributed by atoms with Gasteiger partial charge in [-0.1, -0.05) is 0 Å². The summed E-state index contributed by atoms with van der Waals surface area (Å²) in [6, 6.07) is 5.48. The highest BCUT2D eigenvalue weighted by molar-refractivity contribution is 6.05. The fraction of sp³-hybridized carbons (Fsp3) is 0.200. The molecule has 0 radical (unpaired) electrons. The Morgan fingerprint density at radius 2 is 1.90 bits per heavy atom. The SMILES string of the molecule is O=C(Nc1ccc(F)cc1NC1CC1)c1cncc(F)c1. The van der Waals surface area contributed by atoms with Gasteiger partial charge in [-0.05, 0) is 37.1 Å². The average molecular weight is 289 g/mol. The molecule has 1 amide bonds. The Morgan fingerprint density at radius 1 is 1.10 bits per heavy atom. The van der Waals surface area contributed by atoms with Gasteiger partial charge < -0.3 is 10.6 Å². The van der Waals surface area contributed by atoms with Crippen molar-refractivity contribution in [2.45, 2.75) is 18.9 Å². The highest BCUT2D eigenvalue weighted by atomic mass is 19.1. The lowest BCUT2D eigenvalue weighted by Gasteiger charge is -2.12. The maximum atomic E-state index is 13.3. The minimum atomic E-state index is -0.585. The molecule has 2 N–H and O–H groups in total. The van der Waals surface area contributed by atoms with Crippen LogP contribution in [0.2, 0.25) is 0 Å². The van der Waals surface area contributed by atoms with Crippen molar-refractivity contribution in [3.05, 3.63) is 53.9 Å². The van der Waals surface area contributed by atoms with Gasteiger partial charge in [0.2, 0.25) is 0 Å². The van der Waals surface area contributed by atoms with Crippen LogP contribution in [-0.4, -0.2) is 16.9 Å². The van der Waals surface area contributed by atoms with Gasteiger partial charge in [-0.3, -0.25) is 9.78 Å². The predicted molar refractivity (Wildman–Crippen MR) is 75.2 cm³/mol. The van der Waals surface area contributed by atoms with Crippen molar-refractivity contribution in [2.75, 3.05) is 10.6 Å². The quantitative estimate of drug-likeness (QED) is 0.909. The maximum absolute atomic E-state index is 13.3. The Labute approximate surface area is 120 Å². The number of halogens is 2. The second-order valence-corrected chi connectivity index (χ2v) is 4.95. The van der Waals surface area contributed by atoms with E-state index in [1.165, 1.54) is 24.4 Å². The Kier molecular flexibility index (Phi) is 3.51. The number of nitrogens with one attached hydrogen (secondary N) is 2. The summed E-state index contributed by atoms with van der Waals surface area (Å²) < 4.78 is 26.4. The number of carbonyl (C=O) groups is 1. The molecule has 0 saturated heterocycles. The molecule has 1 aromatic heterocycles. The number of nitrogens with zero attached hydrogens (tertiary/aromatic N) is 1. The molecule has 1 aliphatic carbocycles. The molecule has 108 valence electrons. The molecule has 0 aliphatic heterocycles. The first kappa shape index (κ1) is 13.5. The third kappa shape index (κ3) is 3.34. The zero-order valence-electron chi connectivity index (χ0n) is 11.1. The monoisotopic (exact) mass is 289 g/mol. The van der Waals surface area contributed by atoms with Gasteiger partial charge in [-0.15, -0.1) is 0 Å². The van der Waals surface area contributed by atoms with Crippen molar-refractivity contribution >= 4 is 17.3 Å². The van der Waals surface area contributed by atoms with E-state index in [2.05, 4.69) is 15.6 Å². The van der Waals surface area contributed by atoms with Crippen LogP contribution in [0.15, 0.2) is 36.7 Å². The third-order valence-electron chi connectivity index (χ3n) is 3.13. The van der Waals surface area contributed by atoms with Crippen molar-refractivity contribution in [2.24, 2.45) is 0 Å². The minimum absolute atomic E-state index is 0.108. The zero-order valence-corrected chi connectivity index (χ0v) is 11.1. The Bertz CT molecular complexity index is 686. The Balaban J connectivity index is 1.81. The van der Waals surface area contributed by atoms with Crippen LogP contribution >= 0.6 is 0 Å². The molecule has 21 heavy (non-hydrogen) atoms. The summed E-state index contributed by atoms with van der Waals surface area (Å²) in [7, 11) is 0. The summed E-state index contributed by atoms with van der Waals surface area (Å²) in [5.41, 5.74) is 1.09. The van der Waals surface area contributed by atoms with E-state index < -0.39 is 11.7 Å². The molecule has 1 saturated carbocycles. The molecule has 6 heteroatoms. The van der Waals surface area contributed by atoms with E-state index in [0.29, 0.717) is 17.4 Å². The molecular formula is C15H13F2N3O. The Hall–Kier alpha value is -2.50. The third-order valence-corrected chi connectivity index (χ3v) is 3.13. The van der Waals surface area contributed by atoms with E-state index in [0.717, 1.165) is 25.1 Å². The fourth-order valence-electron chi connectivity index (χ4n) is 1.92. The molecule has 0 bridgehead atoms. The van der Waals surface area contributed by atoms with E-state index in [9.17, 15) is 13.6 Å². The molecule has 0 unspecified atom stereocenters. The molecule has 1 heterocycles. The van der Waals surface area contributed by atoms with Crippen molar-refractivity contribution in [3.63, 3.8) is 0 Å². The van der Waals surface area contributed by atoms with Gasteiger partial charge in [-0.25, -0.2) is 8.78 Å². The van der Waals surface area contributed by atoms with Crippen LogP contribution in [0.5, 0.6) is 0 Å². The van der Waals surface area contributed by atoms with Gasteiger partial charge in [0.05, 0.1) is 23.1 Å². The van der Waals surface area contributed by atoms with Gasteiger partial charge in [-0.2, -0.15) is 0 Å². The summed E-state index contributed by atoms with van der Waals surface area (Å²) in [5.74, 6) is -1.46. The molecule has 3 rings (SSSR count). The van der Waals surface area contributed by atoms with Crippen LogP contribution < -0.4 is 10.6 Å². The van der Waals surface area contributed by atoms with E-state index in [1.807, 2.05) is 0 Å². The van der Waals surface area contributed by atoms with Crippen LogP contribution in [0, 0.1) is 11.6 Å². The standard InChI is InChI=1S/C15H13F2N3O/c16-10-1-4-13(14(6-10)19-12-2-3-12)20-15(21)9-5-11(17)8-18-7-9/h1,4-8,12,19H,2-3H2,(H,20,21). The number of aromatic nitrogens is 1. The van der Waals surface area contributed by atoms with E-state index in [4.69, 9.17) is 0 Å². The molecule has 4 nitrogen and oxygen atoms in total. The minimum Gasteiger partial charge on any atom is -0.381 e. The molecule has 0 spiro atoms. The normalized spacial score (nSPS) is 13.8. The predicted octanol–water partition coefficient (Wildman–Crippen LogP) is 3.19. The van der Waals surface area contributed by atoms with Crippen LogP contribution in [-0.2, 0) is 0 Å². The molecule has 1 aromatic carbocycles. The lowest BCUT2D eigenvalue weighted by atomic mass is 10.2. The average Bonchev–Trinajstić information content (AvgIpc) is 3.26. The number of carbonyl (C=O) groups excluding carboxylic acids is 1. The highest BCUT2D eigenvalue weighted by Crippen LogP contribution is 2.30. The topological polar surface area (TPSA) is 54.0 Å².